The van der Waals surface area contributed by atoms with Gasteiger partial charge in [-0.3, -0.25) is 0 Å². The van der Waals surface area contributed by atoms with E-state index in [4.69, 9.17) is 15.1 Å². The maximum atomic E-state index is 8.83. The first-order valence-electron chi connectivity index (χ1n) is 8.68. The van der Waals surface area contributed by atoms with Gasteiger partial charge in [0.05, 0.1) is 18.2 Å². The summed E-state index contributed by atoms with van der Waals surface area (Å²) in [7, 11) is 0. The Morgan fingerprint density at radius 2 is 1.29 bits per heavy atom. The van der Waals surface area contributed by atoms with Crippen LogP contribution in [-0.4, -0.2) is 18.3 Å². The second kappa shape index (κ2) is 10.5. The van der Waals surface area contributed by atoms with Gasteiger partial charge >= 0.3 is 0 Å². The third-order valence-corrected chi connectivity index (χ3v) is 4.02. The number of nitrogens with zero attached hydrogens (tertiary/aromatic N) is 1. The molecule has 0 fully saturated rings. The molecule has 0 aliphatic heterocycles. The van der Waals surface area contributed by atoms with Crippen LogP contribution in [0.25, 0.3) is 11.1 Å². The smallest absolute Gasteiger partial charge is 0.119 e. The van der Waals surface area contributed by atoms with E-state index in [2.05, 4.69) is 6.07 Å². The van der Waals surface area contributed by atoms with Gasteiger partial charge in [-0.1, -0.05) is 49.9 Å². The van der Waals surface area contributed by atoms with Crippen LogP contribution in [0.3, 0.4) is 0 Å². The molecule has 0 atom stereocenters. The predicted octanol–water partition coefficient (Wildman–Crippen LogP) is 4.94. The van der Waals surface area contributed by atoms with Gasteiger partial charge in [-0.05, 0) is 48.2 Å². The second-order valence-corrected chi connectivity index (χ2v) is 5.91. The molecule has 0 saturated heterocycles. The molecular weight excluding hydrogens is 298 g/mol. The van der Waals surface area contributed by atoms with Crippen LogP contribution in [0.5, 0.6) is 5.75 Å². The van der Waals surface area contributed by atoms with Gasteiger partial charge in [-0.2, -0.15) is 5.26 Å². The van der Waals surface area contributed by atoms with Crippen LogP contribution in [0.2, 0.25) is 0 Å². The molecule has 0 amide bonds. The highest BCUT2D eigenvalue weighted by molar-refractivity contribution is 5.64. The Balaban J connectivity index is 1.71. The van der Waals surface area contributed by atoms with Gasteiger partial charge in [-0.25, -0.2) is 0 Å². The Kier molecular flexibility index (Phi) is 7.86. The Bertz CT molecular complexity index is 626. The van der Waals surface area contributed by atoms with E-state index in [1.165, 1.54) is 19.3 Å². The van der Waals surface area contributed by atoms with Crippen molar-refractivity contribution in [2.45, 2.75) is 38.5 Å². The van der Waals surface area contributed by atoms with Gasteiger partial charge in [0.15, 0.2) is 0 Å². The minimum Gasteiger partial charge on any atom is -0.494 e. The minimum atomic E-state index is 0.307. The lowest BCUT2D eigenvalue weighted by Gasteiger charge is -2.08. The molecule has 0 unspecified atom stereocenters. The highest BCUT2D eigenvalue weighted by atomic mass is 16.5. The molecule has 0 radical (unpaired) electrons. The second-order valence-electron chi connectivity index (χ2n) is 5.91. The van der Waals surface area contributed by atoms with Gasteiger partial charge in [0.25, 0.3) is 0 Å². The monoisotopic (exact) mass is 323 g/mol. The molecule has 2 aromatic rings. The third-order valence-electron chi connectivity index (χ3n) is 4.02. The van der Waals surface area contributed by atoms with E-state index >= 15 is 0 Å². The van der Waals surface area contributed by atoms with Crippen molar-refractivity contribution in [2.24, 2.45) is 0 Å². The molecule has 1 N–H and O–H groups in total. The summed E-state index contributed by atoms with van der Waals surface area (Å²) in [6, 6.07) is 17.8. The zero-order valence-electron chi connectivity index (χ0n) is 14.1. The predicted molar refractivity (Wildman–Crippen MR) is 96.9 cm³/mol. The van der Waals surface area contributed by atoms with Crippen molar-refractivity contribution >= 4 is 0 Å². The highest BCUT2D eigenvalue weighted by Crippen LogP contribution is 2.23. The topological polar surface area (TPSA) is 53.2 Å². The van der Waals surface area contributed by atoms with Crippen LogP contribution >= 0.6 is 0 Å². The van der Waals surface area contributed by atoms with Crippen molar-refractivity contribution < 1.29 is 9.84 Å². The van der Waals surface area contributed by atoms with Gasteiger partial charge < -0.3 is 9.84 Å². The van der Waals surface area contributed by atoms with Gasteiger partial charge in [0, 0.05) is 6.61 Å². The average Bonchev–Trinajstić information content (AvgIpc) is 2.64. The molecule has 0 aliphatic carbocycles. The molecular formula is C21H25NO2. The summed E-state index contributed by atoms with van der Waals surface area (Å²) >= 11 is 0. The van der Waals surface area contributed by atoms with Crippen molar-refractivity contribution in [2.75, 3.05) is 13.2 Å². The van der Waals surface area contributed by atoms with Crippen LogP contribution in [0.1, 0.15) is 44.1 Å². The number of unbranched alkanes of at least 4 members (excludes halogenated alkanes) is 5. The summed E-state index contributed by atoms with van der Waals surface area (Å²) < 4.78 is 5.78. The maximum absolute atomic E-state index is 8.83. The molecule has 0 aliphatic rings. The normalized spacial score (nSPS) is 10.3. The highest BCUT2D eigenvalue weighted by Gasteiger charge is 2.00. The lowest BCUT2D eigenvalue weighted by atomic mass is 10.0. The van der Waals surface area contributed by atoms with Crippen molar-refractivity contribution in [3.8, 4) is 22.9 Å². The first-order valence-corrected chi connectivity index (χ1v) is 8.68. The number of nitriles is 1. The van der Waals surface area contributed by atoms with Crippen molar-refractivity contribution in [1.29, 1.82) is 5.26 Å². The van der Waals surface area contributed by atoms with Crippen molar-refractivity contribution in [1.82, 2.24) is 0 Å². The lowest BCUT2D eigenvalue weighted by Crippen LogP contribution is -1.97. The molecule has 0 spiro atoms. The van der Waals surface area contributed by atoms with E-state index in [1.807, 2.05) is 48.5 Å². The number of rotatable bonds is 10. The molecule has 0 heterocycles. The fourth-order valence-electron chi connectivity index (χ4n) is 2.59. The summed E-state index contributed by atoms with van der Waals surface area (Å²) in [5.74, 6) is 0.896. The fraction of sp³-hybridized carbons (Fsp3) is 0.381. The van der Waals surface area contributed by atoms with Crippen LogP contribution in [0.4, 0.5) is 0 Å². The van der Waals surface area contributed by atoms with Gasteiger partial charge in [0.1, 0.15) is 5.75 Å². The SMILES string of the molecule is N#Cc1ccc(-c2ccc(OCCCCCCCCO)cc2)cc1. The fourth-order valence-corrected chi connectivity index (χ4v) is 2.59. The largest absolute Gasteiger partial charge is 0.494 e. The molecule has 126 valence electrons. The summed E-state index contributed by atoms with van der Waals surface area (Å²) in [4.78, 5) is 0. The zero-order valence-corrected chi connectivity index (χ0v) is 14.1. The quantitative estimate of drug-likeness (QED) is 0.630. The Morgan fingerprint density at radius 3 is 1.88 bits per heavy atom. The molecule has 2 aromatic carbocycles. The van der Waals surface area contributed by atoms with E-state index < -0.39 is 0 Å². The van der Waals surface area contributed by atoms with E-state index in [9.17, 15) is 0 Å². The molecule has 0 bridgehead atoms. The Labute approximate surface area is 144 Å². The number of ether oxygens (including phenoxy) is 1. The third kappa shape index (κ3) is 6.06. The number of aliphatic hydroxyl groups excluding tert-OH is 1. The first kappa shape index (κ1) is 18.0. The van der Waals surface area contributed by atoms with Crippen LogP contribution in [0, 0.1) is 11.3 Å². The maximum Gasteiger partial charge on any atom is 0.119 e. The van der Waals surface area contributed by atoms with Crippen LogP contribution in [0.15, 0.2) is 48.5 Å². The Hall–Kier alpha value is -2.31. The van der Waals surface area contributed by atoms with E-state index in [0.717, 1.165) is 42.7 Å². The van der Waals surface area contributed by atoms with Gasteiger partial charge in [-0.15, -0.1) is 0 Å². The van der Waals surface area contributed by atoms with E-state index in [1.54, 1.807) is 0 Å². The first-order chi connectivity index (χ1) is 11.8. The van der Waals surface area contributed by atoms with Crippen LogP contribution in [-0.2, 0) is 0 Å². The molecule has 2 rings (SSSR count). The summed E-state index contributed by atoms with van der Waals surface area (Å²) in [6.07, 6.45) is 6.68. The summed E-state index contributed by atoms with van der Waals surface area (Å²) in [5, 5.41) is 17.5. The molecule has 0 aromatic heterocycles. The van der Waals surface area contributed by atoms with Gasteiger partial charge in [0.2, 0.25) is 0 Å². The number of aliphatic hydroxyl groups is 1. The summed E-state index contributed by atoms with van der Waals surface area (Å²) in [5.41, 5.74) is 2.90. The van der Waals surface area contributed by atoms with E-state index in [-0.39, 0.29) is 0 Å². The zero-order chi connectivity index (χ0) is 17.0. The molecule has 3 heteroatoms. The van der Waals surface area contributed by atoms with E-state index in [0.29, 0.717) is 12.2 Å². The summed E-state index contributed by atoms with van der Waals surface area (Å²) in [6.45, 7) is 1.05. The Morgan fingerprint density at radius 1 is 0.750 bits per heavy atom. The minimum absolute atomic E-state index is 0.307. The number of benzene rings is 2. The van der Waals surface area contributed by atoms with Crippen molar-refractivity contribution in [3.63, 3.8) is 0 Å². The molecule has 3 nitrogen and oxygen atoms in total. The number of hydrogen-bond acceptors (Lipinski definition) is 3. The van der Waals surface area contributed by atoms with Crippen LogP contribution < -0.4 is 4.74 Å². The molecule has 24 heavy (non-hydrogen) atoms. The van der Waals surface area contributed by atoms with Crippen molar-refractivity contribution in [3.05, 3.63) is 54.1 Å². The average molecular weight is 323 g/mol. The lowest BCUT2D eigenvalue weighted by molar-refractivity contribution is 0.280. The molecule has 0 saturated carbocycles. The standard InChI is InChI=1S/C21H25NO2/c22-17-18-7-9-19(10-8-18)20-11-13-21(14-12-20)24-16-6-4-2-1-3-5-15-23/h7-14,23H,1-6,15-16H2. The number of hydrogen-bond donors (Lipinski definition) is 1.